The summed E-state index contributed by atoms with van der Waals surface area (Å²) in [7, 11) is -2.82. The molecule has 4 heteroatoms. The first-order valence-electron chi connectivity index (χ1n) is 2.15. The molecule has 46 valence electrons. The summed E-state index contributed by atoms with van der Waals surface area (Å²) in [6, 6.07) is 0. The highest BCUT2D eigenvalue weighted by Gasteiger charge is 2.17. The second-order valence-corrected chi connectivity index (χ2v) is 4.78. The largest absolute Gasteiger partial charge is 0.224 e. The Morgan fingerprint density at radius 2 is 2.25 bits per heavy atom. The van der Waals surface area contributed by atoms with Gasteiger partial charge in [0.25, 0.3) is 0 Å². The van der Waals surface area contributed by atoms with E-state index in [1.54, 1.807) is 6.08 Å². The normalized spacial score (nSPS) is 33.4. The standard InChI is InChI=1S/C4H5BrO2S/c5-4-1-2-8(6,7)3-4/h1-2,4H,3H2/t4-/m0/s1. The first-order chi connectivity index (χ1) is 3.60. The van der Waals surface area contributed by atoms with Crippen LogP contribution in [0.5, 0.6) is 0 Å². The van der Waals surface area contributed by atoms with Crippen LogP contribution in [0.2, 0.25) is 0 Å². The van der Waals surface area contributed by atoms with Crippen molar-refractivity contribution in [3.8, 4) is 0 Å². The number of alkyl halides is 1. The van der Waals surface area contributed by atoms with E-state index in [4.69, 9.17) is 0 Å². The fraction of sp³-hybridized carbons (Fsp3) is 0.500. The van der Waals surface area contributed by atoms with Crippen molar-refractivity contribution >= 4 is 25.8 Å². The Balaban J connectivity index is 2.89. The highest BCUT2D eigenvalue weighted by Crippen LogP contribution is 2.14. The monoisotopic (exact) mass is 196 g/mol. The van der Waals surface area contributed by atoms with Crippen molar-refractivity contribution < 1.29 is 8.42 Å². The van der Waals surface area contributed by atoms with Gasteiger partial charge in [-0.2, -0.15) is 0 Å². The molecule has 1 heterocycles. The molecule has 1 atom stereocenters. The van der Waals surface area contributed by atoms with E-state index in [1.807, 2.05) is 0 Å². The molecular formula is C4H5BrO2S. The maximum Gasteiger partial charge on any atom is 0.172 e. The van der Waals surface area contributed by atoms with Gasteiger partial charge in [-0.1, -0.05) is 22.0 Å². The molecule has 0 N–H and O–H groups in total. The van der Waals surface area contributed by atoms with E-state index in [0.717, 1.165) is 0 Å². The van der Waals surface area contributed by atoms with Gasteiger partial charge in [0, 0.05) is 10.2 Å². The molecule has 0 saturated carbocycles. The van der Waals surface area contributed by atoms with Crippen LogP contribution in [0.1, 0.15) is 0 Å². The van der Waals surface area contributed by atoms with E-state index in [2.05, 4.69) is 15.9 Å². The molecule has 1 aliphatic rings. The quantitative estimate of drug-likeness (QED) is 0.535. The van der Waals surface area contributed by atoms with Gasteiger partial charge in [-0.05, 0) is 0 Å². The van der Waals surface area contributed by atoms with Crippen molar-refractivity contribution in [2.24, 2.45) is 0 Å². The maximum absolute atomic E-state index is 10.5. The first-order valence-corrected chi connectivity index (χ1v) is 4.78. The summed E-state index contributed by atoms with van der Waals surface area (Å²) in [5.41, 5.74) is 0. The van der Waals surface area contributed by atoms with Crippen molar-refractivity contribution in [3.05, 3.63) is 11.5 Å². The van der Waals surface area contributed by atoms with E-state index in [-0.39, 0.29) is 10.6 Å². The lowest BCUT2D eigenvalue weighted by molar-refractivity contribution is 0.607. The van der Waals surface area contributed by atoms with E-state index in [9.17, 15) is 8.42 Å². The minimum absolute atomic E-state index is 0.0347. The number of sulfone groups is 1. The second kappa shape index (κ2) is 1.84. The fourth-order valence-electron chi connectivity index (χ4n) is 0.538. The van der Waals surface area contributed by atoms with Gasteiger partial charge in [0.1, 0.15) is 0 Å². The first kappa shape index (κ1) is 6.29. The minimum Gasteiger partial charge on any atom is -0.224 e. The van der Waals surface area contributed by atoms with Crippen LogP contribution < -0.4 is 0 Å². The summed E-state index contributed by atoms with van der Waals surface area (Å²) in [6.07, 6.45) is 1.63. The van der Waals surface area contributed by atoms with Crippen molar-refractivity contribution in [2.75, 3.05) is 5.75 Å². The van der Waals surface area contributed by atoms with Gasteiger partial charge < -0.3 is 0 Å². The van der Waals surface area contributed by atoms with Gasteiger partial charge in [0.15, 0.2) is 9.84 Å². The highest BCUT2D eigenvalue weighted by atomic mass is 79.9. The van der Waals surface area contributed by atoms with Crippen LogP contribution in [0.15, 0.2) is 11.5 Å². The third-order valence-electron chi connectivity index (χ3n) is 0.886. The predicted molar refractivity (Wildman–Crippen MR) is 35.6 cm³/mol. The molecule has 0 aromatic carbocycles. The van der Waals surface area contributed by atoms with Crippen LogP contribution >= 0.6 is 15.9 Å². The Labute approximate surface area is 56.6 Å². The number of hydrogen-bond donors (Lipinski definition) is 0. The third-order valence-corrected chi connectivity index (χ3v) is 3.34. The topological polar surface area (TPSA) is 34.1 Å². The number of rotatable bonds is 0. The molecule has 0 spiro atoms. The summed E-state index contributed by atoms with van der Waals surface area (Å²) in [6.45, 7) is 0. The molecule has 2 nitrogen and oxygen atoms in total. The summed E-state index contributed by atoms with van der Waals surface area (Å²) >= 11 is 3.15. The Morgan fingerprint density at radius 1 is 1.62 bits per heavy atom. The Hall–Kier alpha value is 0.170. The molecule has 0 aliphatic carbocycles. The maximum atomic E-state index is 10.5. The van der Waals surface area contributed by atoms with E-state index in [1.165, 1.54) is 5.41 Å². The molecule has 8 heavy (non-hydrogen) atoms. The third kappa shape index (κ3) is 1.32. The van der Waals surface area contributed by atoms with Gasteiger partial charge in [0.05, 0.1) is 5.75 Å². The molecule has 0 aromatic heterocycles. The fourth-order valence-corrected chi connectivity index (χ4v) is 3.09. The van der Waals surface area contributed by atoms with Crippen molar-refractivity contribution in [3.63, 3.8) is 0 Å². The minimum atomic E-state index is -2.82. The zero-order valence-corrected chi connectivity index (χ0v) is 6.44. The average Bonchev–Trinajstić information content (AvgIpc) is 1.82. The van der Waals surface area contributed by atoms with Crippen LogP contribution in [0.4, 0.5) is 0 Å². The number of allylic oxidation sites excluding steroid dienone is 1. The van der Waals surface area contributed by atoms with Crippen molar-refractivity contribution in [1.82, 2.24) is 0 Å². The molecular weight excluding hydrogens is 192 g/mol. The lowest BCUT2D eigenvalue weighted by atomic mass is 10.5. The van der Waals surface area contributed by atoms with Crippen molar-refractivity contribution in [2.45, 2.75) is 4.83 Å². The Kier molecular flexibility index (Phi) is 1.45. The van der Waals surface area contributed by atoms with Crippen LogP contribution in [0.3, 0.4) is 0 Å². The molecule has 0 amide bonds. The molecule has 0 aromatic rings. The summed E-state index contributed by atoms with van der Waals surface area (Å²) in [4.78, 5) is 0.0347. The molecule has 0 radical (unpaired) electrons. The SMILES string of the molecule is O=S1(=O)C=C[C@H](Br)C1. The van der Waals surface area contributed by atoms with Gasteiger partial charge in [-0.3, -0.25) is 0 Å². The zero-order chi connectivity index (χ0) is 6.20. The predicted octanol–water partition coefficient (Wildman–Crippen LogP) is 0.692. The second-order valence-electron chi connectivity index (χ2n) is 1.67. The van der Waals surface area contributed by atoms with E-state index >= 15 is 0 Å². The lowest BCUT2D eigenvalue weighted by Gasteiger charge is -1.88. The summed E-state index contributed by atoms with van der Waals surface area (Å²) < 4.78 is 21.0. The molecule has 0 bridgehead atoms. The van der Waals surface area contributed by atoms with Crippen LogP contribution in [0.25, 0.3) is 0 Å². The molecule has 0 unspecified atom stereocenters. The molecule has 0 fully saturated rings. The lowest BCUT2D eigenvalue weighted by Crippen LogP contribution is -2.02. The van der Waals surface area contributed by atoms with Crippen LogP contribution in [0, 0.1) is 0 Å². The average molecular weight is 197 g/mol. The van der Waals surface area contributed by atoms with E-state index < -0.39 is 9.84 Å². The highest BCUT2D eigenvalue weighted by molar-refractivity contribution is 9.09. The Bertz CT molecular complexity index is 204. The Morgan fingerprint density at radius 3 is 2.38 bits per heavy atom. The van der Waals surface area contributed by atoms with Gasteiger partial charge in [-0.25, -0.2) is 8.42 Å². The molecule has 0 saturated heterocycles. The van der Waals surface area contributed by atoms with Crippen molar-refractivity contribution in [1.29, 1.82) is 0 Å². The number of hydrogen-bond acceptors (Lipinski definition) is 2. The zero-order valence-electron chi connectivity index (χ0n) is 4.04. The van der Waals surface area contributed by atoms with E-state index in [0.29, 0.717) is 0 Å². The van der Waals surface area contributed by atoms with Gasteiger partial charge in [-0.15, -0.1) is 0 Å². The molecule has 1 aliphatic heterocycles. The smallest absolute Gasteiger partial charge is 0.172 e. The molecule has 1 rings (SSSR count). The van der Waals surface area contributed by atoms with Crippen LogP contribution in [-0.2, 0) is 9.84 Å². The summed E-state index contributed by atoms with van der Waals surface area (Å²) in [5.74, 6) is 0.215. The van der Waals surface area contributed by atoms with Gasteiger partial charge >= 0.3 is 0 Å². The number of halogens is 1. The van der Waals surface area contributed by atoms with Gasteiger partial charge in [0.2, 0.25) is 0 Å². The van der Waals surface area contributed by atoms with Crippen LogP contribution in [-0.4, -0.2) is 19.0 Å². The summed E-state index contributed by atoms with van der Waals surface area (Å²) in [5, 5.41) is 1.24.